The summed E-state index contributed by atoms with van der Waals surface area (Å²) in [5.41, 5.74) is 0.941. The van der Waals surface area contributed by atoms with Gasteiger partial charge in [-0.05, 0) is 24.6 Å². The number of hydrogen-bond donors (Lipinski definition) is 3. The normalized spacial score (nSPS) is 21.5. The number of rotatable bonds is 3. The third kappa shape index (κ3) is 2.32. The van der Waals surface area contributed by atoms with Crippen LogP contribution < -0.4 is 5.32 Å². The van der Waals surface area contributed by atoms with Crippen molar-refractivity contribution in [2.24, 2.45) is 5.92 Å². The van der Waals surface area contributed by atoms with Gasteiger partial charge in [-0.2, -0.15) is 0 Å². The Morgan fingerprint density at radius 1 is 1.45 bits per heavy atom. The number of amides is 1. The number of hydrogen-bond acceptors (Lipinski definition) is 2. The highest BCUT2D eigenvalue weighted by Gasteiger charge is 2.21. The maximum absolute atomic E-state index is 13.6. The Labute approximate surface area is 115 Å². The van der Waals surface area contributed by atoms with Crippen molar-refractivity contribution in [2.45, 2.75) is 12.5 Å². The summed E-state index contributed by atoms with van der Waals surface area (Å²) >= 11 is 0. The number of aliphatic hydroxyl groups is 1. The van der Waals surface area contributed by atoms with Gasteiger partial charge in [-0.3, -0.25) is 4.79 Å². The molecule has 3 rings (SSSR count). The van der Waals surface area contributed by atoms with Crippen molar-refractivity contribution in [3.63, 3.8) is 0 Å². The van der Waals surface area contributed by atoms with Crippen molar-refractivity contribution >= 4 is 16.8 Å². The second kappa shape index (κ2) is 5.09. The number of H-pyrrole nitrogens is 1. The van der Waals surface area contributed by atoms with E-state index in [2.05, 4.69) is 10.3 Å². The zero-order chi connectivity index (χ0) is 14.1. The van der Waals surface area contributed by atoms with Crippen LogP contribution in [-0.2, 0) is 0 Å². The maximum atomic E-state index is 13.6. The van der Waals surface area contributed by atoms with Crippen molar-refractivity contribution < 1.29 is 14.3 Å². The molecular weight excluding hydrogens is 259 g/mol. The van der Waals surface area contributed by atoms with E-state index in [0.29, 0.717) is 23.0 Å². The Morgan fingerprint density at radius 3 is 3.00 bits per heavy atom. The molecule has 0 fully saturated rings. The van der Waals surface area contributed by atoms with E-state index in [9.17, 15) is 9.18 Å². The molecule has 1 aromatic carbocycles. The van der Waals surface area contributed by atoms with Crippen molar-refractivity contribution in [1.82, 2.24) is 10.3 Å². The Kier molecular flexibility index (Phi) is 3.28. The average molecular weight is 274 g/mol. The van der Waals surface area contributed by atoms with E-state index in [1.54, 1.807) is 12.1 Å². The van der Waals surface area contributed by atoms with E-state index >= 15 is 0 Å². The molecule has 1 aliphatic carbocycles. The molecule has 1 amide bonds. The summed E-state index contributed by atoms with van der Waals surface area (Å²) in [5, 5.41) is 12.3. The van der Waals surface area contributed by atoms with E-state index in [-0.39, 0.29) is 30.3 Å². The van der Waals surface area contributed by atoms with Crippen LogP contribution in [0.15, 0.2) is 36.4 Å². The molecule has 2 aromatic rings. The van der Waals surface area contributed by atoms with Crippen LogP contribution in [0.1, 0.15) is 16.9 Å². The van der Waals surface area contributed by atoms with Gasteiger partial charge in [-0.1, -0.05) is 18.2 Å². The minimum atomic E-state index is -0.348. The van der Waals surface area contributed by atoms with Crippen LogP contribution in [0, 0.1) is 11.7 Å². The minimum Gasteiger partial charge on any atom is -0.396 e. The van der Waals surface area contributed by atoms with Crippen LogP contribution >= 0.6 is 0 Å². The third-order valence-corrected chi connectivity index (χ3v) is 3.58. The van der Waals surface area contributed by atoms with Gasteiger partial charge in [0.15, 0.2) is 0 Å². The second-order valence-electron chi connectivity index (χ2n) is 5.03. The number of carbonyl (C=O) groups is 1. The van der Waals surface area contributed by atoms with Crippen molar-refractivity contribution in [3.05, 3.63) is 47.9 Å². The topological polar surface area (TPSA) is 65.1 Å². The number of aromatic nitrogens is 1. The first-order chi connectivity index (χ1) is 9.67. The number of fused-ring (bicyclic) bond motifs is 1. The standard InChI is InChI=1S/C15H15FN2O2/c16-12-2-1-3-13-11(12)7-14(18-13)15(20)17-10-5-4-9(6-10)8-19/h1-5,7,9-10,18-19H,6,8H2,(H,17,20)/t9-,10+/m0/s1. The van der Waals surface area contributed by atoms with Gasteiger partial charge in [0.2, 0.25) is 0 Å². The summed E-state index contributed by atoms with van der Waals surface area (Å²) in [5.74, 6) is -0.520. The molecule has 0 saturated heterocycles. The van der Waals surface area contributed by atoms with Crippen molar-refractivity contribution in [3.8, 4) is 0 Å². The van der Waals surface area contributed by atoms with Gasteiger partial charge >= 0.3 is 0 Å². The van der Waals surface area contributed by atoms with Crippen molar-refractivity contribution in [2.75, 3.05) is 6.61 Å². The van der Waals surface area contributed by atoms with E-state index < -0.39 is 0 Å². The van der Waals surface area contributed by atoms with Crippen LogP contribution in [0.4, 0.5) is 4.39 Å². The van der Waals surface area contributed by atoms with Gasteiger partial charge in [0.25, 0.3) is 5.91 Å². The van der Waals surface area contributed by atoms with Gasteiger partial charge < -0.3 is 15.4 Å². The lowest BCUT2D eigenvalue weighted by atomic mass is 10.1. The first kappa shape index (κ1) is 12.9. The van der Waals surface area contributed by atoms with Gasteiger partial charge in [-0.25, -0.2) is 4.39 Å². The zero-order valence-electron chi connectivity index (χ0n) is 10.8. The first-order valence-electron chi connectivity index (χ1n) is 6.54. The molecule has 0 saturated carbocycles. The van der Waals surface area contributed by atoms with E-state index in [4.69, 9.17) is 5.11 Å². The molecular formula is C15H15FN2O2. The largest absolute Gasteiger partial charge is 0.396 e. The molecule has 5 heteroatoms. The molecule has 1 aliphatic rings. The molecule has 1 aromatic heterocycles. The molecule has 0 aliphatic heterocycles. The second-order valence-corrected chi connectivity index (χ2v) is 5.03. The van der Waals surface area contributed by atoms with Crippen LogP contribution in [0.2, 0.25) is 0 Å². The fourth-order valence-electron chi connectivity index (χ4n) is 2.50. The van der Waals surface area contributed by atoms with E-state index in [1.165, 1.54) is 12.1 Å². The third-order valence-electron chi connectivity index (χ3n) is 3.58. The lowest BCUT2D eigenvalue weighted by molar-refractivity contribution is 0.0937. The highest BCUT2D eigenvalue weighted by molar-refractivity contribution is 5.98. The Bertz CT molecular complexity index is 678. The molecule has 4 nitrogen and oxygen atoms in total. The number of aliphatic hydroxyl groups excluding tert-OH is 1. The summed E-state index contributed by atoms with van der Waals surface area (Å²) in [6.45, 7) is 0.0838. The Hall–Kier alpha value is -2.14. The van der Waals surface area contributed by atoms with Gasteiger partial charge in [-0.15, -0.1) is 0 Å². The maximum Gasteiger partial charge on any atom is 0.268 e. The lowest BCUT2D eigenvalue weighted by Gasteiger charge is -2.11. The molecule has 3 N–H and O–H groups in total. The highest BCUT2D eigenvalue weighted by Crippen LogP contribution is 2.20. The smallest absolute Gasteiger partial charge is 0.268 e. The van der Waals surface area contributed by atoms with Crippen LogP contribution in [0.3, 0.4) is 0 Å². The zero-order valence-corrected chi connectivity index (χ0v) is 10.8. The molecule has 2 atom stereocenters. The highest BCUT2D eigenvalue weighted by atomic mass is 19.1. The number of nitrogens with one attached hydrogen (secondary N) is 2. The summed E-state index contributed by atoms with van der Waals surface area (Å²) in [6, 6.07) is 6.12. The predicted molar refractivity (Wildman–Crippen MR) is 73.8 cm³/mol. The van der Waals surface area contributed by atoms with Gasteiger partial charge in [0, 0.05) is 29.5 Å². The van der Waals surface area contributed by atoms with E-state index in [0.717, 1.165) is 0 Å². The monoisotopic (exact) mass is 274 g/mol. The van der Waals surface area contributed by atoms with Gasteiger partial charge in [0.05, 0.1) is 0 Å². The molecule has 0 radical (unpaired) electrons. The summed E-state index contributed by atoms with van der Waals surface area (Å²) in [7, 11) is 0. The van der Waals surface area contributed by atoms with Crippen LogP contribution in [0.25, 0.3) is 10.9 Å². The molecule has 0 bridgehead atoms. The molecule has 20 heavy (non-hydrogen) atoms. The molecule has 1 heterocycles. The van der Waals surface area contributed by atoms with E-state index in [1.807, 2.05) is 12.2 Å². The number of benzene rings is 1. The SMILES string of the molecule is O=C(N[C@@H]1C=C[C@H](CO)C1)c1cc2c(F)cccc2[nH]1. The summed E-state index contributed by atoms with van der Waals surface area (Å²) in [4.78, 5) is 15.0. The number of aromatic amines is 1. The first-order valence-corrected chi connectivity index (χ1v) is 6.54. The van der Waals surface area contributed by atoms with Gasteiger partial charge in [0.1, 0.15) is 11.5 Å². The summed E-state index contributed by atoms with van der Waals surface area (Å²) in [6.07, 6.45) is 4.47. The van der Waals surface area contributed by atoms with Crippen LogP contribution in [0.5, 0.6) is 0 Å². The average Bonchev–Trinajstić information content (AvgIpc) is 3.05. The molecule has 104 valence electrons. The Morgan fingerprint density at radius 2 is 2.30 bits per heavy atom. The quantitative estimate of drug-likeness (QED) is 0.749. The van der Waals surface area contributed by atoms with Crippen molar-refractivity contribution in [1.29, 1.82) is 0 Å². The fourth-order valence-corrected chi connectivity index (χ4v) is 2.50. The molecule has 0 spiro atoms. The lowest BCUT2D eigenvalue weighted by Crippen LogP contribution is -2.33. The minimum absolute atomic E-state index is 0.0838. The van der Waals surface area contributed by atoms with Crippen LogP contribution in [-0.4, -0.2) is 28.6 Å². The Balaban J connectivity index is 1.76. The fraction of sp³-hybridized carbons (Fsp3) is 0.267. The molecule has 0 unspecified atom stereocenters. The number of carbonyl (C=O) groups excluding carboxylic acids is 1. The predicted octanol–water partition coefficient (Wildman–Crippen LogP) is 1.97. The summed E-state index contributed by atoms with van der Waals surface area (Å²) < 4.78 is 13.6. The number of halogens is 1.